The predicted octanol–water partition coefficient (Wildman–Crippen LogP) is 7.42. The zero-order valence-corrected chi connectivity index (χ0v) is 58.4. The summed E-state index contributed by atoms with van der Waals surface area (Å²) in [6, 6.07) is 18.8. The molecule has 2 aromatic carbocycles. The van der Waals surface area contributed by atoms with Gasteiger partial charge in [-0.2, -0.15) is 25.5 Å². The van der Waals surface area contributed by atoms with E-state index in [-0.39, 0.29) is 25.2 Å². The van der Waals surface area contributed by atoms with E-state index in [0.717, 1.165) is 23.5 Å². The van der Waals surface area contributed by atoms with Crippen LogP contribution in [0.25, 0.3) is 0 Å². The Morgan fingerprint density at radius 3 is 1.09 bits per heavy atom. The quantitative estimate of drug-likeness (QED) is 0.0101. The number of nitrogens with one attached hydrogen (secondary N) is 10. The van der Waals surface area contributed by atoms with Crippen LogP contribution in [0.4, 0.5) is 5.69 Å². The zero-order valence-electron chi connectivity index (χ0n) is 58.4. The van der Waals surface area contributed by atoms with Crippen LogP contribution in [0.15, 0.2) is 102 Å². The molecule has 0 bridgehead atoms. The molecule has 0 aliphatic carbocycles. The minimum Gasteiger partial charge on any atom is -0.411 e. The van der Waals surface area contributed by atoms with Gasteiger partial charge in [-0.05, 0) is 241 Å². The van der Waals surface area contributed by atoms with Crippen molar-refractivity contribution in [3.63, 3.8) is 0 Å². The van der Waals surface area contributed by atoms with Gasteiger partial charge in [0, 0.05) is 30.2 Å². The SMILES string of the molecule is CC(=NN)C(C)(C)NCCCNC(C)(C)C(CC(CC(=NO)C(C)(C)NCCCNC(C)(C)C(C)=NNC(=O)c1ccccc1)(CC(=NO)C(C)(C)NCCCNC(C)(C)C(C)=NNc1ccccc1)C(=NN)C(C)(C)NCCCNC(C)(C)C(C)=NO)=NN. The number of nitrogens with two attached hydrogens (primary N) is 3. The molecule has 0 aliphatic heterocycles. The Morgan fingerprint density at radius 1 is 0.389 bits per heavy atom. The largest absolute Gasteiger partial charge is 0.411 e. The Balaban J connectivity index is 2.72. The number of carbonyl (C=O) groups excluding carboxylic acids is 1. The molecule has 0 heterocycles. The van der Waals surface area contributed by atoms with Gasteiger partial charge in [0.25, 0.3) is 5.91 Å². The fourth-order valence-corrected chi connectivity index (χ4v) is 10.0. The van der Waals surface area contributed by atoms with Crippen molar-refractivity contribution in [2.24, 2.45) is 63.9 Å². The topological polar surface area (TPSA) is 375 Å². The molecule has 1 unspecified atom stereocenters. The summed E-state index contributed by atoms with van der Waals surface area (Å²) < 4.78 is 0. The number of amides is 1. The Hall–Kier alpha value is -6.45. The molecule has 0 spiro atoms. The van der Waals surface area contributed by atoms with Crippen molar-refractivity contribution in [1.82, 2.24) is 48.0 Å². The highest BCUT2D eigenvalue weighted by Gasteiger charge is 2.51. The van der Waals surface area contributed by atoms with E-state index in [0.29, 0.717) is 111 Å². The Bertz CT molecular complexity index is 2760. The highest BCUT2D eigenvalue weighted by molar-refractivity contribution is 6.10. The number of rotatable bonds is 43. The van der Waals surface area contributed by atoms with E-state index >= 15 is 0 Å². The van der Waals surface area contributed by atoms with Crippen molar-refractivity contribution in [3.8, 4) is 0 Å². The molecule has 90 heavy (non-hydrogen) atoms. The van der Waals surface area contributed by atoms with Gasteiger partial charge >= 0.3 is 0 Å². The maximum Gasteiger partial charge on any atom is 0.271 e. The van der Waals surface area contributed by atoms with Gasteiger partial charge in [-0.3, -0.25) is 10.2 Å². The van der Waals surface area contributed by atoms with Crippen molar-refractivity contribution < 1.29 is 20.4 Å². The fraction of sp³-hybridized carbons (Fsp3) is 0.677. The van der Waals surface area contributed by atoms with E-state index in [1.54, 1.807) is 31.2 Å². The van der Waals surface area contributed by atoms with Crippen molar-refractivity contribution in [2.75, 3.05) is 57.8 Å². The van der Waals surface area contributed by atoms with Crippen LogP contribution in [-0.4, -0.2) is 164 Å². The van der Waals surface area contributed by atoms with E-state index < -0.39 is 49.7 Å². The number of anilines is 1. The minimum absolute atomic E-state index is 0.0418. The molecule has 0 aliphatic rings. The van der Waals surface area contributed by atoms with Crippen LogP contribution < -0.4 is 70.9 Å². The first-order chi connectivity index (χ1) is 41.9. The first-order valence-corrected chi connectivity index (χ1v) is 31.6. The first kappa shape index (κ1) is 79.6. The van der Waals surface area contributed by atoms with E-state index in [4.69, 9.17) is 22.6 Å². The van der Waals surface area contributed by atoms with E-state index in [1.165, 1.54) is 0 Å². The molecule has 1 atom stereocenters. The van der Waals surface area contributed by atoms with Gasteiger partial charge in [0.15, 0.2) is 0 Å². The molecule has 19 N–H and O–H groups in total. The first-order valence-electron chi connectivity index (χ1n) is 31.6. The summed E-state index contributed by atoms with van der Waals surface area (Å²) in [7, 11) is 0. The van der Waals surface area contributed by atoms with Gasteiger partial charge in [0.2, 0.25) is 0 Å². The number of hydrogen-bond acceptors (Lipinski definition) is 24. The average molecular weight is 1260 g/mol. The average Bonchev–Trinajstić information content (AvgIpc) is 0.758. The van der Waals surface area contributed by atoms with Crippen LogP contribution in [0.1, 0.15) is 194 Å². The number of carbonyl (C=O) groups is 1. The molecular weight excluding hydrogens is 1140 g/mol. The predicted molar refractivity (Wildman–Crippen MR) is 375 cm³/mol. The number of benzene rings is 2. The Labute approximate surface area is 539 Å². The minimum atomic E-state index is -1.27. The maximum absolute atomic E-state index is 12.8. The van der Waals surface area contributed by atoms with Crippen LogP contribution in [-0.2, 0) is 0 Å². The van der Waals surface area contributed by atoms with Crippen LogP contribution >= 0.6 is 0 Å². The molecule has 0 aromatic heterocycles. The number of nitrogens with zero attached hydrogens (tertiary/aromatic N) is 8. The number of oxime groups is 3. The summed E-state index contributed by atoms with van der Waals surface area (Å²) in [4.78, 5) is 12.8. The highest BCUT2D eigenvalue weighted by Crippen LogP contribution is 2.42. The third-order valence-electron chi connectivity index (χ3n) is 17.7. The molecule has 0 fully saturated rings. The van der Waals surface area contributed by atoms with Gasteiger partial charge in [0.1, 0.15) is 0 Å². The molecule has 25 heteroatoms. The van der Waals surface area contributed by atoms with Crippen molar-refractivity contribution >= 4 is 57.3 Å². The van der Waals surface area contributed by atoms with E-state index in [2.05, 4.69) is 103 Å². The third-order valence-corrected chi connectivity index (χ3v) is 17.7. The van der Waals surface area contributed by atoms with Crippen LogP contribution in [0.5, 0.6) is 0 Å². The lowest BCUT2D eigenvalue weighted by Gasteiger charge is -2.46. The van der Waals surface area contributed by atoms with Gasteiger partial charge in [-0.25, -0.2) is 5.43 Å². The molecule has 508 valence electrons. The molecule has 0 saturated carbocycles. The monoisotopic (exact) mass is 1260 g/mol. The fourth-order valence-electron chi connectivity index (χ4n) is 10.0. The summed E-state index contributed by atoms with van der Waals surface area (Å²) in [5, 5.41) is 95.5. The second kappa shape index (κ2) is 36.0. The summed E-state index contributed by atoms with van der Waals surface area (Å²) in [6.45, 7) is 44.3. The number of para-hydroxylation sites is 1. The molecule has 25 nitrogen and oxygen atoms in total. The highest BCUT2D eigenvalue weighted by atomic mass is 16.4. The van der Waals surface area contributed by atoms with Gasteiger partial charge in [-0.1, -0.05) is 51.9 Å². The molecule has 2 aromatic rings. The van der Waals surface area contributed by atoms with Crippen LogP contribution in [0, 0.1) is 5.41 Å². The van der Waals surface area contributed by atoms with E-state index in [9.17, 15) is 20.4 Å². The van der Waals surface area contributed by atoms with Crippen molar-refractivity contribution in [2.45, 2.75) is 228 Å². The van der Waals surface area contributed by atoms with Crippen LogP contribution in [0.3, 0.4) is 0 Å². The number of hydrogen-bond donors (Lipinski definition) is 16. The third kappa shape index (κ3) is 25.3. The Kier molecular flexibility index (Phi) is 31.8. The summed E-state index contributed by atoms with van der Waals surface area (Å²) in [6.07, 6.45) is 2.99. The summed E-state index contributed by atoms with van der Waals surface area (Å²) in [5.41, 5.74) is 5.08. The molecule has 0 saturated heterocycles. The molecule has 2 rings (SSSR count). The lowest BCUT2D eigenvalue weighted by Crippen LogP contribution is -2.61. The van der Waals surface area contributed by atoms with Crippen molar-refractivity contribution in [1.29, 1.82) is 0 Å². The lowest BCUT2D eigenvalue weighted by molar-refractivity contribution is 0.0954. The normalized spacial score (nSPS) is 15.5. The smallest absolute Gasteiger partial charge is 0.271 e. The second-order valence-electron chi connectivity index (χ2n) is 27.9. The van der Waals surface area contributed by atoms with Gasteiger partial charge in [-0.15, -0.1) is 0 Å². The van der Waals surface area contributed by atoms with Crippen molar-refractivity contribution in [3.05, 3.63) is 66.2 Å². The van der Waals surface area contributed by atoms with Crippen LogP contribution in [0.2, 0.25) is 0 Å². The second-order valence-corrected chi connectivity index (χ2v) is 27.9. The molecular formula is C65H119N21O4. The van der Waals surface area contributed by atoms with E-state index in [1.807, 2.05) is 154 Å². The standard InChI is InChI=1S/C65H119N21O4/c1-46(77-66)57(5,6)69-35-27-39-73-61(13,14)52(78-67)43-65(56(79-68)64(19,20)76-42-30-38-72-60(11,12)49(4)84-88,44-53(85-89)62(15,16)74-40-28-36-70-58(7,8)47(2)80-82-51-33-25-22-26-34-51)45-54(86-90)63(17,18)75-41-29-37-71-59(9,10)48(3)81-83-55(87)50-31-23-21-24-32-50/h21-26,31-34,69-76,82,88-90H,27-30,35-45,66-68H2,1-20H3,(H,83,87). The molecule has 0 radical (unpaired) electrons. The summed E-state index contributed by atoms with van der Waals surface area (Å²) in [5.74, 6) is 18.7. The zero-order chi connectivity index (χ0) is 68.3. The van der Waals surface area contributed by atoms with Gasteiger partial charge in [0.05, 0.1) is 95.7 Å². The summed E-state index contributed by atoms with van der Waals surface area (Å²) >= 11 is 0. The number of hydrazone groups is 5. The molecule has 1 amide bonds. The lowest BCUT2D eigenvalue weighted by atomic mass is 9.62. The maximum atomic E-state index is 12.8. The van der Waals surface area contributed by atoms with Gasteiger partial charge < -0.3 is 75.7 Å². The Morgan fingerprint density at radius 2 is 0.722 bits per heavy atom.